The van der Waals surface area contributed by atoms with Crippen LogP contribution in [0.2, 0.25) is 0 Å². The first-order chi connectivity index (χ1) is 7.60. The lowest BCUT2D eigenvalue weighted by Crippen LogP contribution is -2.17. The summed E-state index contributed by atoms with van der Waals surface area (Å²) in [6.45, 7) is 1.85. The van der Waals surface area contributed by atoms with Crippen LogP contribution >= 0.6 is 0 Å². The minimum atomic E-state index is -0.823. The first-order valence-corrected chi connectivity index (χ1v) is 5.10. The van der Waals surface area contributed by atoms with Crippen LogP contribution in [0.5, 0.6) is 0 Å². The van der Waals surface area contributed by atoms with Crippen LogP contribution in [0, 0.1) is 11.6 Å². The molecule has 1 aromatic carbocycles. The average Bonchev–Trinajstić information content (AvgIpc) is 2.25. The molecular weight excluding hydrogens is 214 g/mol. The first-order valence-electron chi connectivity index (χ1n) is 5.10. The molecule has 0 amide bonds. The maximum atomic E-state index is 13.3. The highest BCUT2D eigenvalue weighted by Gasteiger charge is 2.19. The van der Waals surface area contributed by atoms with E-state index in [9.17, 15) is 13.6 Å². The van der Waals surface area contributed by atoms with Gasteiger partial charge in [-0.25, -0.2) is 8.78 Å². The number of methoxy groups -OCH3 is 1. The Morgan fingerprint density at radius 1 is 1.38 bits per heavy atom. The average molecular weight is 228 g/mol. The van der Waals surface area contributed by atoms with Crippen LogP contribution in [-0.4, -0.2) is 19.0 Å². The Morgan fingerprint density at radius 3 is 2.38 bits per heavy atom. The third-order valence-electron chi connectivity index (χ3n) is 2.44. The molecule has 0 aromatic heterocycles. The topological polar surface area (TPSA) is 26.3 Å². The van der Waals surface area contributed by atoms with E-state index in [1.165, 1.54) is 13.2 Å². The van der Waals surface area contributed by atoms with E-state index in [4.69, 9.17) is 4.74 Å². The van der Waals surface area contributed by atoms with Gasteiger partial charge in [0.1, 0.15) is 11.6 Å². The van der Waals surface area contributed by atoms with Gasteiger partial charge in [0.15, 0.2) is 5.78 Å². The molecule has 0 aliphatic heterocycles. The molecule has 0 fully saturated rings. The smallest absolute Gasteiger partial charge is 0.171 e. The van der Waals surface area contributed by atoms with Crippen molar-refractivity contribution in [1.29, 1.82) is 0 Å². The summed E-state index contributed by atoms with van der Waals surface area (Å²) in [6.07, 6.45) is 0.315. The minimum Gasteiger partial charge on any atom is -0.381 e. The maximum Gasteiger partial charge on any atom is 0.171 e. The Morgan fingerprint density at radius 2 is 1.94 bits per heavy atom. The molecule has 0 N–H and O–H groups in total. The van der Waals surface area contributed by atoms with E-state index in [-0.39, 0.29) is 12.5 Å². The van der Waals surface area contributed by atoms with Crippen molar-refractivity contribution in [3.8, 4) is 0 Å². The molecule has 0 heterocycles. The SMILES string of the molecule is CCC(CC(=O)c1c(F)cccc1F)OC. The summed E-state index contributed by atoms with van der Waals surface area (Å²) in [5.41, 5.74) is -0.474. The number of halogens is 2. The van der Waals surface area contributed by atoms with Crippen molar-refractivity contribution in [3.05, 3.63) is 35.4 Å². The van der Waals surface area contributed by atoms with E-state index >= 15 is 0 Å². The van der Waals surface area contributed by atoms with Gasteiger partial charge in [0.05, 0.1) is 11.7 Å². The molecule has 0 saturated heterocycles. The van der Waals surface area contributed by atoms with Crippen LogP contribution in [-0.2, 0) is 4.74 Å². The van der Waals surface area contributed by atoms with Crippen LogP contribution < -0.4 is 0 Å². The molecule has 0 saturated carbocycles. The summed E-state index contributed by atoms with van der Waals surface area (Å²) in [7, 11) is 1.47. The number of carbonyl (C=O) groups is 1. The van der Waals surface area contributed by atoms with Crippen molar-refractivity contribution in [2.45, 2.75) is 25.9 Å². The zero-order chi connectivity index (χ0) is 12.1. The molecule has 0 aliphatic carbocycles. The quantitative estimate of drug-likeness (QED) is 0.724. The third kappa shape index (κ3) is 2.85. The van der Waals surface area contributed by atoms with Gasteiger partial charge in [-0.2, -0.15) is 0 Å². The number of benzene rings is 1. The normalized spacial score (nSPS) is 12.5. The lowest BCUT2D eigenvalue weighted by molar-refractivity contribution is 0.0712. The van der Waals surface area contributed by atoms with Gasteiger partial charge in [-0.15, -0.1) is 0 Å². The van der Waals surface area contributed by atoms with Gasteiger partial charge in [0.2, 0.25) is 0 Å². The Kier molecular flexibility index (Phi) is 4.55. The molecule has 1 rings (SSSR count). The Balaban J connectivity index is 2.88. The second-order valence-electron chi connectivity index (χ2n) is 3.49. The van der Waals surface area contributed by atoms with Gasteiger partial charge in [0, 0.05) is 13.5 Å². The lowest BCUT2D eigenvalue weighted by atomic mass is 10.0. The molecule has 0 aliphatic rings. The van der Waals surface area contributed by atoms with Crippen LogP contribution in [0.25, 0.3) is 0 Å². The zero-order valence-corrected chi connectivity index (χ0v) is 9.30. The van der Waals surface area contributed by atoms with E-state index in [1.54, 1.807) is 0 Å². The van der Waals surface area contributed by atoms with Crippen molar-refractivity contribution in [1.82, 2.24) is 0 Å². The van der Waals surface area contributed by atoms with E-state index in [2.05, 4.69) is 0 Å². The summed E-state index contributed by atoms with van der Waals surface area (Å²) >= 11 is 0. The summed E-state index contributed by atoms with van der Waals surface area (Å²) in [5, 5.41) is 0. The van der Waals surface area contributed by atoms with E-state index in [0.29, 0.717) is 6.42 Å². The molecule has 88 valence electrons. The van der Waals surface area contributed by atoms with Crippen molar-refractivity contribution >= 4 is 5.78 Å². The van der Waals surface area contributed by atoms with Crippen LogP contribution in [0.3, 0.4) is 0 Å². The fourth-order valence-electron chi connectivity index (χ4n) is 1.47. The second kappa shape index (κ2) is 5.70. The molecule has 0 bridgehead atoms. The predicted molar refractivity (Wildman–Crippen MR) is 56.4 cm³/mol. The lowest BCUT2D eigenvalue weighted by Gasteiger charge is -2.12. The summed E-state index contributed by atoms with van der Waals surface area (Å²) in [6, 6.07) is 3.38. The molecule has 1 atom stereocenters. The highest BCUT2D eigenvalue weighted by molar-refractivity contribution is 5.96. The molecule has 0 radical (unpaired) electrons. The largest absolute Gasteiger partial charge is 0.381 e. The van der Waals surface area contributed by atoms with Gasteiger partial charge in [-0.05, 0) is 18.6 Å². The Bertz CT molecular complexity index is 353. The van der Waals surface area contributed by atoms with E-state index in [1.807, 2.05) is 6.92 Å². The zero-order valence-electron chi connectivity index (χ0n) is 9.30. The minimum absolute atomic E-state index is 0.00907. The highest BCUT2D eigenvalue weighted by Crippen LogP contribution is 2.16. The number of rotatable bonds is 5. The molecule has 0 spiro atoms. The van der Waals surface area contributed by atoms with Gasteiger partial charge in [0.25, 0.3) is 0 Å². The molecular formula is C12H14F2O2. The van der Waals surface area contributed by atoms with Crippen molar-refractivity contribution in [2.24, 2.45) is 0 Å². The van der Waals surface area contributed by atoms with Crippen molar-refractivity contribution in [3.63, 3.8) is 0 Å². The van der Waals surface area contributed by atoms with Crippen molar-refractivity contribution < 1.29 is 18.3 Å². The fourth-order valence-corrected chi connectivity index (χ4v) is 1.47. The van der Waals surface area contributed by atoms with Gasteiger partial charge < -0.3 is 4.74 Å². The summed E-state index contributed by atoms with van der Waals surface area (Å²) < 4.78 is 31.5. The van der Waals surface area contributed by atoms with E-state index < -0.39 is 23.0 Å². The van der Waals surface area contributed by atoms with Gasteiger partial charge in [-0.3, -0.25) is 4.79 Å². The monoisotopic (exact) mass is 228 g/mol. The van der Waals surface area contributed by atoms with Crippen LogP contribution in [0.15, 0.2) is 18.2 Å². The standard InChI is InChI=1S/C12H14F2O2/c1-3-8(16-2)7-11(15)12-9(13)5-4-6-10(12)14/h4-6,8H,3,7H2,1-2H3. The molecule has 1 unspecified atom stereocenters. The number of ether oxygens (including phenoxy) is 1. The highest BCUT2D eigenvalue weighted by atomic mass is 19.1. The Hall–Kier alpha value is -1.29. The summed E-state index contributed by atoms with van der Waals surface area (Å²) in [5.74, 6) is -2.21. The second-order valence-corrected chi connectivity index (χ2v) is 3.49. The molecule has 1 aromatic rings. The third-order valence-corrected chi connectivity index (χ3v) is 2.44. The van der Waals surface area contributed by atoms with E-state index in [0.717, 1.165) is 12.1 Å². The number of hydrogen-bond acceptors (Lipinski definition) is 2. The molecule has 2 nitrogen and oxygen atoms in total. The number of hydrogen-bond donors (Lipinski definition) is 0. The number of carbonyl (C=O) groups excluding carboxylic acids is 1. The van der Waals surface area contributed by atoms with Crippen LogP contribution in [0.1, 0.15) is 30.1 Å². The van der Waals surface area contributed by atoms with Crippen molar-refractivity contribution in [2.75, 3.05) is 7.11 Å². The van der Waals surface area contributed by atoms with Gasteiger partial charge >= 0.3 is 0 Å². The molecule has 16 heavy (non-hydrogen) atoms. The predicted octanol–water partition coefficient (Wildman–Crippen LogP) is 2.96. The number of ketones is 1. The van der Waals surface area contributed by atoms with Gasteiger partial charge in [-0.1, -0.05) is 13.0 Å². The van der Waals surface area contributed by atoms with Crippen LogP contribution in [0.4, 0.5) is 8.78 Å². The maximum absolute atomic E-state index is 13.3. The Labute approximate surface area is 93.2 Å². The fraction of sp³-hybridized carbons (Fsp3) is 0.417. The number of Topliss-reactive ketones (excluding diaryl/α,β-unsaturated/α-hetero) is 1. The molecule has 4 heteroatoms. The first kappa shape index (κ1) is 12.8. The summed E-state index contributed by atoms with van der Waals surface area (Å²) in [4.78, 5) is 11.7.